The number of hydrogen-bond donors (Lipinski definition) is 2. The van der Waals surface area contributed by atoms with E-state index >= 15 is 0 Å². The molecular weight excluding hydrogens is 180 g/mol. The minimum Gasteiger partial charge on any atom is -0.468 e. The molecule has 1 heterocycles. The van der Waals surface area contributed by atoms with Crippen molar-refractivity contribution in [2.24, 2.45) is 11.7 Å². The third-order valence-electron chi connectivity index (χ3n) is 2.19. The molecule has 0 spiro atoms. The van der Waals surface area contributed by atoms with Gasteiger partial charge in [-0.25, -0.2) is 0 Å². The Morgan fingerprint density at radius 2 is 2.36 bits per heavy atom. The van der Waals surface area contributed by atoms with Gasteiger partial charge in [-0.15, -0.1) is 0 Å². The van der Waals surface area contributed by atoms with Crippen LogP contribution in [0.15, 0.2) is 22.8 Å². The number of nitrogens with two attached hydrogens (primary N) is 1. The van der Waals surface area contributed by atoms with Gasteiger partial charge in [-0.2, -0.15) is 0 Å². The van der Waals surface area contributed by atoms with Crippen LogP contribution < -0.4 is 11.1 Å². The molecule has 1 rings (SSSR count). The maximum atomic E-state index is 10.8. The minimum atomic E-state index is -0.288. The van der Waals surface area contributed by atoms with E-state index in [9.17, 15) is 4.79 Å². The topological polar surface area (TPSA) is 68.3 Å². The molecule has 1 aromatic rings. The maximum Gasteiger partial charge on any atom is 0.221 e. The van der Waals surface area contributed by atoms with Crippen LogP contribution in [0.25, 0.3) is 0 Å². The Labute approximate surface area is 83.5 Å². The molecule has 0 saturated carbocycles. The normalized spacial score (nSPS) is 15.0. The molecule has 0 aliphatic carbocycles. The fourth-order valence-corrected chi connectivity index (χ4v) is 1.09. The van der Waals surface area contributed by atoms with Crippen molar-refractivity contribution >= 4 is 5.91 Å². The Balaban J connectivity index is 2.35. The van der Waals surface area contributed by atoms with E-state index in [1.165, 1.54) is 0 Å². The van der Waals surface area contributed by atoms with Crippen LogP contribution in [0, 0.1) is 5.92 Å². The van der Waals surface area contributed by atoms with Crippen molar-refractivity contribution in [2.75, 3.05) is 6.54 Å². The first-order valence-corrected chi connectivity index (χ1v) is 4.67. The number of rotatable bonds is 5. The summed E-state index contributed by atoms with van der Waals surface area (Å²) in [5.41, 5.74) is 5.14. The Morgan fingerprint density at radius 1 is 1.64 bits per heavy atom. The van der Waals surface area contributed by atoms with Crippen LogP contribution in [0.4, 0.5) is 0 Å². The zero-order chi connectivity index (χ0) is 10.6. The quantitative estimate of drug-likeness (QED) is 0.739. The Kier molecular flexibility index (Phi) is 3.71. The number of primary amides is 1. The molecule has 14 heavy (non-hydrogen) atoms. The van der Waals surface area contributed by atoms with Gasteiger partial charge in [0.1, 0.15) is 5.76 Å². The summed E-state index contributed by atoms with van der Waals surface area (Å²) >= 11 is 0. The fourth-order valence-electron chi connectivity index (χ4n) is 1.09. The van der Waals surface area contributed by atoms with Crippen molar-refractivity contribution in [1.29, 1.82) is 0 Å². The summed E-state index contributed by atoms with van der Waals surface area (Å²) < 4.78 is 5.21. The summed E-state index contributed by atoms with van der Waals surface area (Å²) in [6.45, 7) is 4.34. The van der Waals surface area contributed by atoms with Crippen LogP contribution in [0.5, 0.6) is 0 Å². The molecule has 3 N–H and O–H groups in total. The lowest BCUT2D eigenvalue weighted by Crippen LogP contribution is -2.32. The molecule has 0 aliphatic heterocycles. The smallest absolute Gasteiger partial charge is 0.221 e. The minimum absolute atomic E-state index is 0.104. The van der Waals surface area contributed by atoms with Gasteiger partial charge in [0, 0.05) is 12.5 Å². The van der Waals surface area contributed by atoms with E-state index in [1.807, 2.05) is 19.1 Å². The van der Waals surface area contributed by atoms with E-state index in [0.29, 0.717) is 6.54 Å². The number of furan rings is 1. The largest absolute Gasteiger partial charge is 0.468 e. The summed E-state index contributed by atoms with van der Waals surface area (Å²) in [6, 6.07) is 3.84. The van der Waals surface area contributed by atoms with E-state index < -0.39 is 0 Å². The van der Waals surface area contributed by atoms with Crippen LogP contribution in [0.1, 0.15) is 25.6 Å². The molecule has 4 nitrogen and oxygen atoms in total. The summed E-state index contributed by atoms with van der Waals surface area (Å²) in [4.78, 5) is 10.8. The van der Waals surface area contributed by atoms with Crippen molar-refractivity contribution in [3.63, 3.8) is 0 Å². The second kappa shape index (κ2) is 4.81. The van der Waals surface area contributed by atoms with E-state index in [2.05, 4.69) is 5.32 Å². The lowest BCUT2D eigenvalue weighted by Gasteiger charge is -2.13. The average Bonchev–Trinajstić information content (AvgIpc) is 2.66. The molecule has 0 fully saturated rings. The van der Waals surface area contributed by atoms with Crippen molar-refractivity contribution in [1.82, 2.24) is 5.32 Å². The van der Waals surface area contributed by atoms with Gasteiger partial charge in [0.2, 0.25) is 5.91 Å². The van der Waals surface area contributed by atoms with Crippen LogP contribution in [0.2, 0.25) is 0 Å². The number of nitrogens with one attached hydrogen (secondary N) is 1. The first-order chi connectivity index (χ1) is 6.61. The highest BCUT2D eigenvalue weighted by molar-refractivity contribution is 5.76. The summed E-state index contributed by atoms with van der Waals surface area (Å²) in [7, 11) is 0. The lowest BCUT2D eigenvalue weighted by atomic mass is 10.1. The maximum absolute atomic E-state index is 10.8. The molecule has 4 heteroatoms. The number of amides is 1. The van der Waals surface area contributed by atoms with Gasteiger partial charge >= 0.3 is 0 Å². The molecular formula is C10H16N2O2. The molecule has 0 aliphatic rings. The van der Waals surface area contributed by atoms with Crippen molar-refractivity contribution in [2.45, 2.75) is 19.9 Å². The van der Waals surface area contributed by atoms with Crippen LogP contribution >= 0.6 is 0 Å². The Morgan fingerprint density at radius 3 is 2.86 bits per heavy atom. The van der Waals surface area contributed by atoms with Gasteiger partial charge < -0.3 is 15.5 Å². The van der Waals surface area contributed by atoms with E-state index in [0.717, 1.165) is 5.76 Å². The van der Waals surface area contributed by atoms with Gasteiger partial charge in [-0.05, 0) is 19.1 Å². The van der Waals surface area contributed by atoms with E-state index in [1.54, 1.807) is 13.2 Å². The van der Waals surface area contributed by atoms with Crippen molar-refractivity contribution in [3.05, 3.63) is 24.2 Å². The Hall–Kier alpha value is -1.29. The third-order valence-corrected chi connectivity index (χ3v) is 2.19. The highest BCUT2D eigenvalue weighted by Crippen LogP contribution is 2.12. The fraction of sp³-hybridized carbons (Fsp3) is 0.500. The van der Waals surface area contributed by atoms with Gasteiger partial charge in [0.15, 0.2) is 0 Å². The van der Waals surface area contributed by atoms with Gasteiger partial charge in [-0.3, -0.25) is 4.79 Å². The predicted molar refractivity (Wildman–Crippen MR) is 53.5 cm³/mol. The van der Waals surface area contributed by atoms with Crippen LogP contribution in [-0.4, -0.2) is 12.5 Å². The number of carbonyl (C=O) groups is 1. The first-order valence-electron chi connectivity index (χ1n) is 4.67. The molecule has 1 aromatic heterocycles. The molecule has 0 aromatic carbocycles. The second-order valence-electron chi connectivity index (χ2n) is 3.45. The van der Waals surface area contributed by atoms with Gasteiger partial charge in [0.05, 0.1) is 12.3 Å². The summed E-state index contributed by atoms with van der Waals surface area (Å²) in [5.74, 6) is 0.415. The SMILES string of the molecule is CC(CN[C@H](C)c1ccco1)C(N)=O. The molecule has 78 valence electrons. The zero-order valence-electron chi connectivity index (χ0n) is 8.49. The van der Waals surface area contributed by atoms with Crippen molar-refractivity contribution < 1.29 is 9.21 Å². The van der Waals surface area contributed by atoms with Crippen LogP contribution in [-0.2, 0) is 4.79 Å². The van der Waals surface area contributed by atoms with Crippen molar-refractivity contribution in [3.8, 4) is 0 Å². The van der Waals surface area contributed by atoms with Gasteiger partial charge in [0.25, 0.3) is 0 Å². The highest BCUT2D eigenvalue weighted by Gasteiger charge is 2.12. The number of carbonyl (C=O) groups excluding carboxylic acids is 1. The molecule has 0 radical (unpaired) electrons. The average molecular weight is 196 g/mol. The van der Waals surface area contributed by atoms with Gasteiger partial charge in [-0.1, -0.05) is 6.92 Å². The predicted octanol–water partition coefficient (Wildman–Crippen LogP) is 1.05. The molecule has 2 atom stereocenters. The molecule has 1 unspecified atom stereocenters. The highest BCUT2D eigenvalue weighted by atomic mass is 16.3. The van der Waals surface area contributed by atoms with E-state index in [4.69, 9.17) is 10.2 Å². The monoisotopic (exact) mass is 196 g/mol. The third kappa shape index (κ3) is 2.88. The molecule has 0 bridgehead atoms. The zero-order valence-corrected chi connectivity index (χ0v) is 8.49. The first kappa shape index (κ1) is 10.8. The summed E-state index contributed by atoms with van der Waals surface area (Å²) in [6.07, 6.45) is 1.63. The molecule has 0 saturated heterocycles. The van der Waals surface area contributed by atoms with Crippen LogP contribution in [0.3, 0.4) is 0 Å². The number of hydrogen-bond acceptors (Lipinski definition) is 3. The lowest BCUT2D eigenvalue weighted by molar-refractivity contribution is -0.121. The second-order valence-corrected chi connectivity index (χ2v) is 3.45. The van der Waals surface area contributed by atoms with E-state index in [-0.39, 0.29) is 17.9 Å². The molecule has 1 amide bonds. The Bertz CT molecular complexity index is 282. The standard InChI is InChI=1S/C10H16N2O2/c1-7(10(11)13)6-12-8(2)9-4-3-5-14-9/h3-5,7-8,12H,6H2,1-2H3,(H2,11,13)/t7?,8-/m1/s1. The summed E-state index contributed by atoms with van der Waals surface area (Å²) in [5, 5.41) is 3.17.